The number of alkyl halides is 1. The van der Waals surface area contributed by atoms with E-state index in [-0.39, 0.29) is 5.88 Å². The predicted octanol–water partition coefficient (Wildman–Crippen LogP) is 1.52. The average Bonchev–Trinajstić information content (AvgIpc) is 2.48. The summed E-state index contributed by atoms with van der Waals surface area (Å²) >= 11 is 5.55. The molecule has 6 heteroatoms. The van der Waals surface area contributed by atoms with Gasteiger partial charge in [0, 0.05) is 6.26 Å². The monoisotopic (exact) mass is 223 g/mol. The van der Waals surface area contributed by atoms with E-state index < -0.39 is 15.1 Å². The van der Waals surface area contributed by atoms with Gasteiger partial charge in [-0.1, -0.05) is 0 Å². The Balaban J connectivity index is 3.08. The van der Waals surface area contributed by atoms with E-state index in [1.807, 2.05) is 0 Å². The standard InChI is InChI=1S/C7H10ClNO3S/c1-5(13(2,10)11)7-6(3-8)9-4-12-7/h4-5H,3H2,1-2H3. The van der Waals surface area contributed by atoms with Crippen molar-refractivity contribution in [1.82, 2.24) is 4.98 Å². The van der Waals surface area contributed by atoms with Crippen molar-refractivity contribution in [3.05, 3.63) is 17.8 Å². The molecule has 1 heterocycles. The van der Waals surface area contributed by atoms with Crippen molar-refractivity contribution in [2.24, 2.45) is 0 Å². The molecule has 0 amide bonds. The minimum Gasteiger partial charge on any atom is -0.447 e. The summed E-state index contributed by atoms with van der Waals surface area (Å²) in [6.07, 6.45) is 2.35. The first kappa shape index (κ1) is 10.5. The fraction of sp³-hybridized carbons (Fsp3) is 0.571. The van der Waals surface area contributed by atoms with Crippen LogP contribution in [0.15, 0.2) is 10.8 Å². The number of halogens is 1. The Morgan fingerprint density at radius 1 is 1.69 bits per heavy atom. The van der Waals surface area contributed by atoms with E-state index in [2.05, 4.69) is 4.98 Å². The summed E-state index contributed by atoms with van der Waals surface area (Å²) in [7, 11) is -3.15. The second-order valence-corrected chi connectivity index (χ2v) is 5.40. The largest absolute Gasteiger partial charge is 0.447 e. The molecular weight excluding hydrogens is 214 g/mol. The van der Waals surface area contributed by atoms with Gasteiger partial charge in [0.25, 0.3) is 0 Å². The zero-order valence-corrected chi connectivity index (χ0v) is 8.89. The number of rotatable bonds is 3. The van der Waals surface area contributed by atoms with Gasteiger partial charge in [0.2, 0.25) is 0 Å². The molecule has 0 aliphatic rings. The highest BCUT2D eigenvalue weighted by Gasteiger charge is 2.23. The number of hydrogen-bond donors (Lipinski definition) is 0. The van der Waals surface area contributed by atoms with Crippen LogP contribution in [0.4, 0.5) is 0 Å². The molecule has 0 saturated heterocycles. The Bertz CT molecular complexity index is 384. The first-order valence-corrected chi connectivity index (χ1v) is 6.12. The molecule has 1 rings (SSSR count). The summed E-state index contributed by atoms with van der Waals surface area (Å²) in [5.74, 6) is 0.489. The Labute approximate surface area is 81.8 Å². The summed E-state index contributed by atoms with van der Waals surface area (Å²) in [6.45, 7) is 1.55. The lowest BCUT2D eigenvalue weighted by Crippen LogP contribution is -2.08. The van der Waals surface area contributed by atoms with Gasteiger partial charge in [-0.2, -0.15) is 0 Å². The topological polar surface area (TPSA) is 60.2 Å². The van der Waals surface area contributed by atoms with Crippen molar-refractivity contribution in [2.45, 2.75) is 18.1 Å². The van der Waals surface area contributed by atoms with E-state index in [9.17, 15) is 8.42 Å². The number of aromatic nitrogens is 1. The van der Waals surface area contributed by atoms with Crippen molar-refractivity contribution in [3.63, 3.8) is 0 Å². The first-order valence-electron chi connectivity index (χ1n) is 3.64. The summed E-state index contributed by atoms with van der Waals surface area (Å²) < 4.78 is 27.3. The third kappa shape index (κ3) is 2.22. The average molecular weight is 224 g/mol. The summed E-state index contributed by atoms with van der Waals surface area (Å²) in [5.41, 5.74) is 0.486. The Kier molecular flexibility index (Phi) is 2.98. The molecule has 1 aromatic rings. The molecule has 1 atom stereocenters. The van der Waals surface area contributed by atoms with E-state index in [1.54, 1.807) is 6.92 Å². The second kappa shape index (κ2) is 3.67. The fourth-order valence-electron chi connectivity index (χ4n) is 0.904. The van der Waals surface area contributed by atoms with Crippen molar-refractivity contribution in [2.75, 3.05) is 6.26 Å². The van der Waals surface area contributed by atoms with Gasteiger partial charge < -0.3 is 4.42 Å². The van der Waals surface area contributed by atoms with Crippen LogP contribution in [-0.4, -0.2) is 19.7 Å². The molecule has 0 N–H and O–H groups in total. The molecule has 0 radical (unpaired) electrons. The lowest BCUT2D eigenvalue weighted by Gasteiger charge is -2.05. The van der Waals surface area contributed by atoms with Crippen LogP contribution in [0.1, 0.15) is 23.6 Å². The molecule has 0 aromatic carbocycles. The molecule has 0 bridgehead atoms. The molecule has 0 saturated carbocycles. The van der Waals surface area contributed by atoms with Crippen molar-refractivity contribution < 1.29 is 12.8 Å². The molecule has 74 valence electrons. The highest BCUT2D eigenvalue weighted by molar-refractivity contribution is 7.90. The van der Waals surface area contributed by atoms with E-state index in [1.165, 1.54) is 6.39 Å². The maximum atomic E-state index is 11.2. The number of hydrogen-bond acceptors (Lipinski definition) is 4. The third-order valence-corrected chi connectivity index (χ3v) is 3.56. The van der Waals surface area contributed by atoms with Crippen LogP contribution in [0.5, 0.6) is 0 Å². The smallest absolute Gasteiger partial charge is 0.181 e. The van der Waals surface area contributed by atoms with E-state index >= 15 is 0 Å². The number of sulfone groups is 1. The van der Waals surface area contributed by atoms with Gasteiger partial charge >= 0.3 is 0 Å². The molecule has 4 nitrogen and oxygen atoms in total. The second-order valence-electron chi connectivity index (χ2n) is 2.77. The van der Waals surface area contributed by atoms with Crippen LogP contribution < -0.4 is 0 Å². The van der Waals surface area contributed by atoms with Crippen LogP contribution >= 0.6 is 11.6 Å². The predicted molar refractivity (Wildman–Crippen MR) is 49.3 cm³/mol. The van der Waals surface area contributed by atoms with Gasteiger partial charge in [-0.3, -0.25) is 0 Å². The molecule has 0 fully saturated rings. The SMILES string of the molecule is CC(c1ocnc1CCl)S(C)(=O)=O. The van der Waals surface area contributed by atoms with Crippen LogP contribution in [0.3, 0.4) is 0 Å². The number of oxazole rings is 1. The third-order valence-electron chi connectivity index (χ3n) is 1.81. The van der Waals surface area contributed by atoms with Crippen LogP contribution in [0.2, 0.25) is 0 Å². The van der Waals surface area contributed by atoms with Gasteiger partial charge in [0.05, 0.1) is 11.6 Å². The summed E-state index contributed by atoms with van der Waals surface area (Å²) in [5, 5.41) is -0.691. The fourth-order valence-corrected chi connectivity index (χ4v) is 1.68. The van der Waals surface area contributed by atoms with Crippen molar-refractivity contribution in [3.8, 4) is 0 Å². The summed E-state index contributed by atoms with van der Waals surface area (Å²) in [4.78, 5) is 3.81. The Morgan fingerprint density at radius 2 is 2.31 bits per heavy atom. The van der Waals surface area contributed by atoms with Gasteiger partial charge in [0.1, 0.15) is 11.0 Å². The molecule has 13 heavy (non-hydrogen) atoms. The van der Waals surface area contributed by atoms with E-state index in [0.717, 1.165) is 6.26 Å². The van der Waals surface area contributed by atoms with Gasteiger partial charge in [-0.25, -0.2) is 13.4 Å². The quantitative estimate of drug-likeness (QED) is 0.729. The van der Waals surface area contributed by atoms with Crippen LogP contribution in [0, 0.1) is 0 Å². The molecular formula is C7H10ClNO3S. The Morgan fingerprint density at radius 3 is 2.77 bits per heavy atom. The van der Waals surface area contributed by atoms with Crippen molar-refractivity contribution >= 4 is 21.4 Å². The van der Waals surface area contributed by atoms with E-state index in [4.69, 9.17) is 16.0 Å². The van der Waals surface area contributed by atoms with E-state index in [0.29, 0.717) is 11.5 Å². The van der Waals surface area contributed by atoms with Crippen LogP contribution in [0.25, 0.3) is 0 Å². The molecule has 0 aliphatic heterocycles. The van der Waals surface area contributed by atoms with Crippen LogP contribution in [-0.2, 0) is 15.7 Å². The zero-order valence-electron chi connectivity index (χ0n) is 7.32. The molecule has 1 aromatic heterocycles. The maximum absolute atomic E-state index is 11.2. The highest BCUT2D eigenvalue weighted by atomic mass is 35.5. The zero-order chi connectivity index (χ0) is 10.1. The van der Waals surface area contributed by atoms with Gasteiger partial charge in [-0.05, 0) is 6.92 Å². The Hall–Kier alpha value is -0.550. The minimum absolute atomic E-state index is 0.158. The maximum Gasteiger partial charge on any atom is 0.181 e. The van der Waals surface area contributed by atoms with Gasteiger partial charge in [0.15, 0.2) is 16.2 Å². The molecule has 0 spiro atoms. The van der Waals surface area contributed by atoms with Crippen molar-refractivity contribution in [1.29, 1.82) is 0 Å². The summed E-state index contributed by atoms with van der Waals surface area (Å²) in [6, 6.07) is 0. The molecule has 1 unspecified atom stereocenters. The minimum atomic E-state index is -3.15. The van der Waals surface area contributed by atoms with Gasteiger partial charge in [-0.15, -0.1) is 11.6 Å². The highest BCUT2D eigenvalue weighted by Crippen LogP contribution is 2.24. The number of nitrogens with zero attached hydrogens (tertiary/aromatic N) is 1. The normalized spacial score (nSPS) is 14.4. The lowest BCUT2D eigenvalue weighted by atomic mass is 10.3. The first-order chi connectivity index (χ1) is 5.96. The lowest BCUT2D eigenvalue weighted by molar-refractivity contribution is 0.493. The molecule has 0 aliphatic carbocycles.